The zero-order chi connectivity index (χ0) is 13.8. The monoisotopic (exact) mass is 256 g/mol. The van der Waals surface area contributed by atoms with Crippen LogP contribution in [0.15, 0.2) is 0 Å². The van der Waals surface area contributed by atoms with E-state index >= 15 is 0 Å². The molecule has 108 valence electrons. The van der Waals surface area contributed by atoms with Gasteiger partial charge in [-0.3, -0.25) is 4.90 Å². The highest BCUT2D eigenvalue weighted by Crippen LogP contribution is 2.18. The van der Waals surface area contributed by atoms with Crippen molar-refractivity contribution in [2.75, 3.05) is 26.4 Å². The molecule has 1 rings (SSSR count). The fourth-order valence-corrected chi connectivity index (χ4v) is 2.17. The van der Waals surface area contributed by atoms with Gasteiger partial charge >= 0.3 is 0 Å². The van der Waals surface area contributed by atoms with Gasteiger partial charge in [0.15, 0.2) is 0 Å². The minimum absolute atomic E-state index is 0.0311. The van der Waals surface area contributed by atoms with Gasteiger partial charge in [0, 0.05) is 18.6 Å². The molecule has 0 aliphatic carbocycles. The maximum Gasteiger partial charge on any atom is 0.0997 e. The van der Waals surface area contributed by atoms with Gasteiger partial charge in [0.2, 0.25) is 0 Å². The number of hydrogen-bond acceptors (Lipinski definition) is 3. The summed E-state index contributed by atoms with van der Waals surface area (Å²) in [5.41, 5.74) is 0.195. The Morgan fingerprint density at radius 3 is 2.39 bits per heavy atom. The standard InChI is InChI=1S/C15H32N2O/c1-14(2,3)16-10-13-8-7-9-17(11-13)12-18-15(4,5)6/h13,16H,7-12H2,1-6H3. The van der Waals surface area contributed by atoms with Crippen LogP contribution in [0.3, 0.4) is 0 Å². The van der Waals surface area contributed by atoms with Gasteiger partial charge in [0.1, 0.15) is 0 Å². The van der Waals surface area contributed by atoms with Gasteiger partial charge in [-0.15, -0.1) is 0 Å². The predicted molar refractivity (Wildman–Crippen MR) is 77.8 cm³/mol. The molecule has 0 saturated carbocycles. The van der Waals surface area contributed by atoms with E-state index < -0.39 is 0 Å². The number of nitrogens with one attached hydrogen (secondary N) is 1. The van der Waals surface area contributed by atoms with Gasteiger partial charge in [-0.1, -0.05) is 0 Å². The summed E-state index contributed by atoms with van der Waals surface area (Å²) in [5, 5.41) is 3.62. The van der Waals surface area contributed by atoms with Crippen LogP contribution in [-0.4, -0.2) is 42.4 Å². The minimum atomic E-state index is -0.0311. The SMILES string of the molecule is CC(C)(C)NCC1CCCN(COC(C)(C)C)C1. The Morgan fingerprint density at radius 2 is 1.83 bits per heavy atom. The first-order chi connectivity index (χ1) is 8.16. The quantitative estimate of drug-likeness (QED) is 0.837. The van der Waals surface area contributed by atoms with Gasteiger partial charge in [-0.25, -0.2) is 0 Å². The molecule has 0 radical (unpaired) electrons. The van der Waals surface area contributed by atoms with Crippen LogP contribution >= 0.6 is 0 Å². The maximum absolute atomic E-state index is 5.87. The van der Waals surface area contributed by atoms with Gasteiger partial charge < -0.3 is 10.1 Å². The highest BCUT2D eigenvalue weighted by atomic mass is 16.5. The molecule has 0 aromatic carbocycles. The lowest BCUT2D eigenvalue weighted by atomic mass is 9.97. The van der Waals surface area contributed by atoms with Crippen LogP contribution in [0.1, 0.15) is 54.4 Å². The summed E-state index contributed by atoms with van der Waals surface area (Å²) in [6.07, 6.45) is 2.64. The second kappa shape index (κ2) is 6.36. The van der Waals surface area contributed by atoms with Gasteiger partial charge in [-0.2, -0.15) is 0 Å². The minimum Gasteiger partial charge on any atom is -0.360 e. The zero-order valence-corrected chi connectivity index (χ0v) is 13.2. The summed E-state index contributed by atoms with van der Waals surface area (Å²) in [5.74, 6) is 0.765. The van der Waals surface area contributed by atoms with Crippen LogP contribution in [0.25, 0.3) is 0 Å². The number of rotatable bonds is 4. The van der Waals surface area contributed by atoms with Crippen molar-refractivity contribution in [2.45, 2.75) is 65.5 Å². The maximum atomic E-state index is 5.87. The lowest BCUT2D eigenvalue weighted by molar-refractivity contribution is -0.0733. The van der Waals surface area contributed by atoms with E-state index in [4.69, 9.17) is 4.74 Å². The van der Waals surface area contributed by atoms with Crippen molar-refractivity contribution in [3.05, 3.63) is 0 Å². The third-order valence-electron chi connectivity index (χ3n) is 3.20. The van der Waals surface area contributed by atoms with E-state index in [-0.39, 0.29) is 11.1 Å². The molecule has 1 N–H and O–H groups in total. The van der Waals surface area contributed by atoms with Crippen LogP contribution < -0.4 is 5.32 Å². The molecule has 1 atom stereocenters. The molecule has 0 amide bonds. The Morgan fingerprint density at radius 1 is 1.17 bits per heavy atom. The fraction of sp³-hybridized carbons (Fsp3) is 1.00. The molecule has 1 fully saturated rings. The average Bonchev–Trinajstić information content (AvgIpc) is 2.22. The Hall–Kier alpha value is -0.120. The molecule has 1 unspecified atom stereocenters. The molecular formula is C15H32N2O. The topological polar surface area (TPSA) is 24.5 Å². The molecule has 3 nitrogen and oxygen atoms in total. The van der Waals surface area contributed by atoms with E-state index in [1.54, 1.807) is 0 Å². The first kappa shape index (κ1) is 15.9. The molecule has 0 spiro atoms. The summed E-state index contributed by atoms with van der Waals surface area (Å²) in [7, 11) is 0. The molecule has 0 bridgehead atoms. The Balaban J connectivity index is 2.28. The molecule has 3 heteroatoms. The van der Waals surface area contributed by atoms with E-state index in [1.807, 2.05) is 0 Å². The van der Waals surface area contributed by atoms with Crippen molar-refractivity contribution in [2.24, 2.45) is 5.92 Å². The van der Waals surface area contributed by atoms with Crippen molar-refractivity contribution >= 4 is 0 Å². The normalized spacial score (nSPS) is 23.3. The van der Waals surface area contributed by atoms with Crippen molar-refractivity contribution in [3.8, 4) is 0 Å². The molecule has 1 heterocycles. The highest BCUT2D eigenvalue weighted by molar-refractivity contribution is 4.78. The molecular weight excluding hydrogens is 224 g/mol. The first-order valence-electron chi connectivity index (χ1n) is 7.27. The summed E-state index contributed by atoms with van der Waals surface area (Å²) >= 11 is 0. The van der Waals surface area contributed by atoms with Crippen LogP contribution in [-0.2, 0) is 4.74 Å². The Bertz CT molecular complexity index is 216. The molecule has 0 aromatic heterocycles. The summed E-state index contributed by atoms with van der Waals surface area (Å²) in [6, 6.07) is 0. The van der Waals surface area contributed by atoms with E-state index in [0.29, 0.717) is 0 Å². The van der Waals surface area contributed by atoms with Crippen molar-refractivity contribution in [1.82, 2.24) is 10.2 Å². The van der Waals surface area contributed by atoms with Gasteiger partial charge in [0.25, 0.3) is 0 Å². The van der Waals surface area contributed by atoms with Crippen LogP contribution in [0.4, 0.5) is 0 Å². The largest absolute Gasteiger partial charge is 0.360 e. The molecule has 1 saturated heterocycles. The van der Waals surface area contributed by atoms with Crippen molar-refractivity contribution in [3.63, 3.8) is 0 Å². The van der Waals surface area contributed by atoms with E-state index in [0.717, 1.165) is 19.2 Å². The number of piperidine rings is 1. The van der Waals surface area contributed by atoms with Crippen LogP contribution in [0.5, 0.6) is 0 Å². The fourth-order valence-electron chi connectivity index (χ4n) is 2.17. The van der Waals surface area contributed by atoms with Crippen molar-refractivity contribution in [1.29, 1.82) is 0 Å². The number of likely N-dealkylation sites (tertiary alicyclic amines) is 1. The molecule has 18 heavy (non-hydrogen) atoms. The molecule has 1 aliphatic rings. The Labute approximate surface area is 113 Å². The lowest BCUT2D eigenvalue weighted by Crippen LogP contribution is -2.45. The van der Waals surface area contributed by atoms with E-state index in [1.165, 1.54) is 25.9 Å². The smallest absolute Gasteiger partial charge is 0.0997 e. The van der Waals surface area contributed by atoms with Crippen LogP contribution in [0.2, 0.25) is 0 Å². The summed E-state index contributed by atoms with van der Waals surface area (Å²) in [6.45, 7) is 17.3. The van der Waals surface area contributed by atoms with Gasteiger partial charge in [-0.05, 0) is 66.8 Å². The van der Waals surface area contributed by atoms with Crippen molar-refractivity contribution < 1.29 is 4.74 Å². The number of nitrogens with zero attached hydrogens (tertiary/aromatic N) is 1. The molecule has 0 aromatic rings. The van der Waals surface area contributed by atoms with Crippen LogP contribution in [0, 0.1) is 5.92 Å². The average molecular weight is 256 g/mol. The first-order valence-corrected chi connectivity index (χ1v) is 7.27. The third-order valence-corrected chi connectivity index (χ3v) is 3.20. The third kappa shape index (κ3) is 7.34. The predicted octanol–water partition coefficient (Wildman–Crippen LogP) is 2.86. The molecule has 1 aliphatic heterocycles. The second-order valence-corrected chi connectivity index (χ2v) is 7.60. The summed E-state index contributed by atoms with van der Waals surface area (Å²) in [4.78, 5) is 2.45. The lowest BCUT2D eigenvalue weighted by Gasteiger charge is -2.35. The highest BCUT2D eigenvalue weighted by Gasteiger charge is 2.22. The number of hydrogen-bond donors (Lipinski definition) is 1. The zero-order valence-electron chi connectivity index (χ0n) is 13.2. The second-order valence-electron chi connectivity index (χ2n) is 7.60. The van der Waals surface area contributed by atoms with E-state index in [9.17, 15) is 0 Å². The number of ether oxygens (including phenoxy) is 1. The van der Waals surface area contributed by atoms with E-state index in [2.05, 4.69) is 51.8 Å². The Kier molecular flexibility index (Phi) is 5.63. The van der Waals surface area contributed by atoms with Gasteiger partial charge in [0.05, 0.1) is 12.3 Å². The summed E-state index contributed by atoms with van der Waals surface area (Å²) < 4.78 is 5.87.